The Morgan fingerprint density at radius 1 is 1.31 bits per heavy atom. The van der Waals surface area contributed by atoms with Crippen molar-refractivity contribution >= 4 is 5.78 Å². The van der Waals surface area contributed by atoms with Crippen LogP contribution in [0.1, 0.15) is 25.8 Å². The van der Waals surface area contributed by atoms with E-state index >= 15 is 0 Å². The Bertz CT molecular complexity index is 264. The number of rotatable bonds is 4. The third-order valence-corrected chi connectivity index (χ3v) is 2.38. The molecular formula is C12H16O. The third kappa shape index (κ3) is 3.02. The van der Waals surface area contributed by atoms with Crippen LogP contribution in [0.2, 0.25) is 0 Å². The number of hydrogen-bond acceptors (Lipinski definition) is 1. The Hall–Kier alpha value is -1.11. The van der Waals surface area contributed by atoms with Crippen LogP contribution in [0.25, 0.3) is 0 Å². The molecule has 0 saturated heterocycles. The second-order valence-electron chi connectivity index (χ2n) is 3.44. The molecule has 1 heteroatoms. The van der Waals surface area contributed by atoms with E-state index in [2.05, 4.69) is 0 Å². The molecule has 0 N–H and O–H groups in total. The highest BCUT2D eigenvalue weighted by atomic mass is 16.1. The van der Waals surface area contributed by atoms with E-state index in [4.69, 9.17) is 0 Å². The maximum Gasteiger partial charge on any atom is 0.140 e. The average Bonchev–Trinajstić information content (AvgIpc) is 2.18. The van der Waals surface area contributed by atoms with Crippen molar-refractivity contribution in [1.29, 1.82) is 0 Å². The molecule has 0 heterocycles. The Morgan fingerprint density at radius 3 is 2.46 bits per heavy atom. The molecule has 0 fully saturated rings. The van der Waals surface area contributed by atoms with Crippen molar-refractivity contribution in [2.45, 2.75) is 26.7 Å². The Morgan fingerprint density at radius 2 is 1.92 bits per heavy atom. The van der Waals surface area contributed by atoms with E-state index in [1.807, 2.05) is 44.2 Å². The van der Waals surface area contributed by atoms with Crippen LogP contribution in [0.4, 0.5) is 0 Å². The molecule has 1 nitrogen and oxygen atoms in total. The van der Waals surface area contributed by atoms with Crippen LogP contribution in [0.3, 0.4) is 0 Å². The van der Waals surface area contributed by atoms with Crippen LogP contribution >= 0.6 is 0 Å². The molecule has 0 radical (unpaired) electrons. The largest absolute Gasteiger partial charge is 0.299 e. The molecule has 0 amide bonds. The molecule has 0 aliphatic carbocycles. The minimum atomic E-state index is 0.195. The topological polar surface area (TPSA) is 17.1 Å². The standard InChI is InChI=1S/C12H16O/c1-3-10(2)12(13)9-11-7-5-4-6-8-11/h4-8,10H,3,9H2,1-2H3/t10-/m0/s1. The van der Waals surface area contributed by atoms with E-state index < -0.39 is 0 Å². The second-order valence-corrected chi connectivity index (χ2v) is 3.44. The summed E-state index contributed by atoms with van der Waals surface area (Å²) in [5, 5.41) is 0. The molecule has 0 bridgehead atoms. The lowest BCUT2D eigenvalue weighted by Crippen LogP contribution is -2.12. The molecule has 1 aromatic rings. The molecule has 70 valence electrons. The normalized spacial score (nSPS) is 12.5. The van der Waals surface area contributed by atoms with E-state index in [-0.39, 0.29) is 5.92 Å². The second kappa shape index (κ2) is 4.80. The maximum atomic E-state index is 11.5. The smallest absolute Gasteiger partial charge is 0.140 e. The molecule has 1 rings (SSSR count). The SMILES string of the molecule is CC[C@H](C)C(=O)Cc1ccccc1. The van der Waals surface area contributed by atoms with Crippen LogP contribution < -0.4 is 0 Å². The van der Waals surface area contributed by atoms with Crippen molar-refractivity contribution < 1.29 is 4.79 Å². The fourth-order valence-electron chi connectivity index (χ4n) is 1.20. The van der Waals surface area contributed by atoms with Gasteiger partial charge < -0.3 is 0 Å². The summed E-state index contributed by atoms with van der Waals surface area (Å²) in [6, 6.07) is 9.91. The van der Waals surface area contributed by atoms with Gasteiger partial charge in [0, 0.05) is 12.3 Å². The number of benzene rings is 1. The van der Waals surface area contributed by atoms with E-state index in [9.17, 15) is 4.79 Å². The zero-order chi connectivity index (χ0) is 9.68. The van der Waals surface area contributed by atoms with E-state index in [0.717, 1.165) is 12.0 Å². The highest BCUT2D eigenvalue weighted by Crippen LogP contribution is 2.08. The molecular weight excluding hydrogens is 160 g/mol. The summed E-state index contributed by atoms with van der Waals surface area (Å²) in [5.74, 6) is 0.536. The van der Waals surface area contributed by atoms with Gasteiger partial charge in [-0.1, -0.05) is 44.2 Å². The third-order valence-electron chi connectivity index (χ3n) is 2.38. The molecule has 0 saturated carbocycles. The summed E-state index contributed by atoms with van der Waals surface area (Å²) in [4.78, 5) is 11.5. The van der Waals surface area contributed by atoms with E-state index in [1.54, 1.807) is 0 Å². The van der Waals surface area contributed by atoms with Crippen molar-refractivity contribution in [3.8, 4) is 0 Å². The lowest BCUT2D eigenvalue weighted by Gasteiger charge is -2.06. The lowest BCUT2D eigenvalue weighted by atomic mass is 9.98. The van der Waals surface area contributed by atoms with Gasteiger partial charge in [-0.25, -0.2) is 0 Å². The summed E-state index contributed by atoms with van der Waals surface area (Å²) in [7, 11) is 0. The quantitative estimate of drug-likeness (QED) is 0.689. The number of ketones is 1. The van der Waals surface area contributed by atoms with Crippen LogP contribution in [0.5, 0.6) is 0 Å². The van der Waals surface area contributed by atoms with Crippen molar-refractivity contribution in [1.82, 2.24) is 0 Å². The first kappa shape index (κ1) is 9.97. The van der Waals surface area contributed by atoms with Crippen molar-refractivity contribution in [3.63, 3.8) is 0 Å². The number of Topliss-reactive ketones (excluding diaryl/α,β-unsaturated/α-hetero) is 1. The highest BCUT2D eigenvalue weighted by Gasteiger charge is 2.10. The van der Waals surface area contributed by atoms with E-state index in [0.29, 0.717) is 12.2 Å². The first-order chi connectivity index (χ1) is 6.24. The van der Waals surface area contributed by atoms with Gasteiger partial charge in [-0.15, -0.1) is 0 Å². The molecule has 1 atom stereocenters. The molecule has 0 aromatic heterocycles. The number of carbonyl (C=O) groups excluding carboxylic acids is 1. The van der Waals surface area contributed by atoms with Crippen LogP contribution in [0.15, 0.2) is 30.3 Å². The molecule has 0 aliphatic heterocycles. The monoisotopic (exact) mass is 176 g/mol. The molecule has 0 unspecified atom stereocenters. The Labute approximate surface area is 79.8 Å². The predicted octanol–water partition coefficient (Wildman–Crippen LogP) is 2.84. The minimum Gasteiger partial charge on any atom is -0.299 e. The predicted molar refractivity (Wildman–Crippen MR) is 54.6 cm³/mol. The van der Waals surface area contributed by atoms with Gasteiger partial charge in [0.25, 0.3) is 0 Å². The van der Waals surface area contributed by atoms with Gasteiger partial charge in [-0.3, -0.25) is 4.79 Å². The van der Waals surface area contributed by atoms with Crippen LogP contribution in [-0.4, -0.2) is 5.78 Å². The lowest BCUT2D eigenvalue weighted by molar-refractivity contribution is -0.121. The zero-order valence-electron chi connectivity index (χ0n) is 8.29. The van der Waals surface area contributed by atoms with E-state index in [1.165, 1.54) is 0 Å². The average molecular weight is 176 g/mol. The van der Waals surface area contributed by atoms with Gasteiger partial charge in [0.1, 0.15) is 5.78 Å². The van der Waals surface area contributed by atoms with Crippen LogP contribution in [-0.2, 0) is 11.2 Å². The fraction of sp³-hybridized carbons (Fsp3) is 0.417. The van der Waals surface area contributed by atoms with Gasteiger partial charge in [-0.2, -0.15) is 0 Å². The van der Waals surface area contributed by atoms with Gasteiger partial charge >= 0.3 is 0 Å². The summed E-state index contributed by atoms with van der Waals surface area (Å²) >= 11 is 0. The summed E-state index contributed by atoms with van der Waals surface area (Å²) in [6.07, 6.45) is 1.52. The van der Waals surface area contributed by atoms with Gasteiger partial charge in [0.05, 0.1) is 0 Å². The fourth-order valence-corrected chi connectivity index (χ4v) is 1.20. The van der Waals surface area contributed by atoms with Crippen molar-refractivity contribution in [2.75, 3.05) is 0 Å². The number of hydrogen-bond donors (Lipinski definition) is 0. The Kier molecular flexibility index (Phi) is 3.69. The van der Waals surface area contributed by atoms with Gasteiger partial charge in [0.2, 0.25) is 0 Å². The molecule has 0 spiro atoms. The molecule has 13 heavy (non-hydrogen) atoms. The number of carbonyl (C=O) groups is 1. The van der Waals surface area contributed by atoms with Crippen LogP contribution in [0, 0.1) is 5.92 Å². The minimum absolute atomic E-state index is 0.195. The van der Waals surface area contributed by atoms with Gasteiger partial charge in [-0.05, 0) is 12.0 Å². The summed E-state index contributed by atoms with van der Waals surface area (Å²) in [6.45, 7) is 4.04. The zero-order valence-corrected chi connectivity index (χ0v) is 8.29. The summed E-state index contributed by atoms with van der Waals surface area (Å²) < 4.78 is 0. The first-order valence-electron chi connectivity index (χ1n) is 4.80. The van der Waals surface area contributed by atoms with Crippen molar-refractivity contribution in [2.24, 2.45) is 5.92 Å². The highest BCUT2D eigenvalue weighted by molar-refractivity contribution is 5.82. The first-order valence-corrected chi connectivity index (χ1v) is 4.80. The summed E-state index contributed by atoms with van der Waals surface area (Å²) in [5.41, 5.74) is 1.12. The molecule has 0 aliphatic rings. The maximum absolute atomic E-state index is 11.5. The molecule has 1 aromatic carbocycles. The van der Waals surface area contributed by atoms with Gasteiger partial charge in [0.15, 0.2) is 0 Å². The Balaban J connectivity index is 2.55. The van der Waals surface area contributed by atoms with Crippen molar-refractivity contribution in [3.05, 3.63) is 35.9 Å².